The van der Waals surface area contributed by atoms with E-state index in [9.17, 15) is 4.79 Å². The first-order valence-electron chi connectivity index (χ1n) is 6.67. The number of aldehydes is 1. The summed E-state index contributed by atoms with van der Waals surface area (Å²) in [5, 5.41) is 0.540. The minimum atomic E-state index is 0.540. The lowest BCUT2D eigenvalue weighted by molar-refractivity contribution is 0.112. The van der Waals surface area contributed by atoms with E-state index in [1.165, 1.54) is 32.1 Å². The van der Waals surface area contributed by atoms with Gasteiger partial charge in [-0.3, -0.25) is 4.79 Å². The number of nitrogens with zero attached hydrogens (tertiary/aromatic N) is 1. The fourth-order valence-corrected chi connectivity index (χ4v) is 3.04. The van der Waals surface area contributed by atoms with Gasteiger partial charge < -0.3 is 4.90 Å². The van der Waals surface area contributed by atoms with Crippen LogP contribution in [0.4, 0.5) is 5.69 Å². The molecule has 0 N–H and O–H groups in total. The molecule has 1 aliphatic carbocycles. The minimum Gasteiger partial charge on any atom is -0.374 e. The van der Waals surface area contributed by atoms with Crippen molar-refractivity contribution in [3.63, 3.8) is 0 Å². The van der Waals surface area contributed by atoms with E-state index in [1.54, 1.807) is 6.07 Å². The van der Waals surface area contributed by atoms with Crippen LogP contribution in [0.2, 0.25) is 5.02 Å². The van der Waals surface area contributed by atoms with Crippen LogP contribution in [0.3, 0.4) is 0 Å². The summed E-state index contributed by atoms with van der Waals surface area (Å²) >= 11 is 6.06. The highest BCUT2D eigenvalue weighted by Crippen LogP contribution is 2.29. The molecule has 2 rings (SSSR count). The van der Waals surface area contributed by atoms with Crippen LogP contribution in [0.25, 0.3) is 0 Å². The Hall–Kier alpha value is -1.02. The van der Waals surface area contributed by atoms with Crippen LogP contribution in [-0.2, 0) is 0 Å². The zero-order valence-corrected chi connectivity index (χ0v) is 11.6. The fraction of sp³-hybridized carbons (Fsp3) is 0.533. The molecule has 0 bridgehead atoms. The fourth-order valence-electron chi connectivity index (χ4n) is 2.83. The van der Waals surface area contributed by atoms with E-state index in [4.69, 9.17) is 11.6 Å². The average molecular weight is 266 g/mol. The maximum atomic E-state index is 11.1. The van der Waals surface area contributed by atoms with Gasteiger partial charge in [0, 0.05) is 19.3 Å². The number of anilines is 1. The Morgan fingerprint density at radius 3 is 2.72 bits per heavy atom. The molecule has 0 radical (unpaired) electrons. The third-order valence-electron chi connectivity index (χ3n) is 3.82. The van der Waals surface area contributed by atoms with E-state index in [2.05, 4.69) is 4.90 Å². The molecule has 0 aromatic heterocycles. The SMILES string of the molecule is CN(CC1CCCCC1)c1cccc(Cl)c1C=O. The number of hydrogen-bond donors (Lipinski definition) is 0. The summed E-state index contributed by atoms with van der Waals surface area (Å²) < 4.78 is 0. The van der Waals surface area contributed by atoms with Crippen LogP contribution in [0.1, 0.15) is 42.5 Å². The van der Waals surface area contributed by atoms with Crippen LogP contribution in [0.15, 0.2) is 18.2 Å². The molecule has 2 nitrogen and oxygen atoms in total. The molecular formula is C15H20ClNO. The van der Waals surface area contributed by atoms with Crippen LogP contribution in [0, 0.1) is 5.92 Å². The number of halogens is 1. The molecule has 1 aliphatic rings. The highest BCUT2D eigenvalue weighted by atomic mass is 35.5. The summed E-state index contributed by atoms with van der Waals surface area (Å²) in [5.74, 6) is 0.752. The van der Waals surface area contributed by atoms with E-state index in [0.29, 0.717) is 10.6 Å². The van der Waals surface area contributed by atoms with Crippen molar-refractivity contribution < 1.29 is 4.79 Å². The third-order valence-corrected chi connectivity index (χ3v) is 4.15. The van der Waals surface area contributed by atoms with Crippen LogP contribution in [0.5, 0.6) is 0 Å². The van der Waals surface area contributed by atoms with Crippen molar-refractivity contribution in [2.45, 2.75) is 32.1 Å². The number of benzene rings is 1. The van der Waals surface area contributed by atoms with Crippen molar-refractivity contribution in [3.05, 3.63) is 28.8 Å². The van der Waals surface area contributed by atoms with Gasteiger partial charge in [-0.1, -0.05) is 36.9 Å². The van der Waals surface area contributed by atoms with Crippen molar-refractivity contribution >= 4 is 23.6 Å². The maximum absolute atomic E-state index is 11.1. The third kappa shape index (κ3) is 3.05. The molecule has 0 atom stereocenters. The van der Waals surface area contributed by atoms with Gasteiger partial charge in [-0.15, -0.1) is 0 Å². The average Bonchev–Trinajstić information content (AvgIpc) is 2.39. The van der Waals surface area contributed by atoms with Gasteiger partial charge in [-0.2, -0.15) is 0 Å². The Bertz CT molecular complexity index is 413. The Kier molecular flexibility index (Phi) is 4.65. The largest absolute Gasteiger partial charge is 0.374 e. The number of hydrogen-bond acceptors (Lipinski definition) is 2. The number of rotatable bonds is 4. The van der Waals surface area contributed by atoms with E-state index in [1.807, 2.05) is 19.2 Å². The van der Waals surface area contributed by atoms with Gasteiger partial charge in [0.2, 0.25) is 0 Å². The minimum absolute atomic E-state index is 0.540. The molecule has 0 amide bonds. The molecule has 1 fully saturated rings. The highest BCUT2D eigenvalue weighted by Gasteiger charge is 2.17. The predicted octanol–water partition coefficient (Wildman–Crippen LogP) is 4.17. The van der Waals surface area contributed by atoms with Gasteiger partial charge in [-0.25, -0.2) is 0 Å². The van der Waals surface area contributed by atoms with Crippen molar-refractivity contribution in [1.29, 1.82) is 0 Å². The molecule has 18 heavy (non-hydrogen) atoms. The molecule has 1 aromatic carbocycles. The Labute approximate surface area is 114 Å². The van der Waals surface area contributed by atoms with Gasteiger partial charge in [0.05, 0.1) is 10.6 Å². The Morgan fingerprint density at radius 2 is 2.06 bits per heavy atom. The molecule has 98 valence electrons. The number of carbonyl (C=O) groups excluding carboxylic acids is 1. The van der Waals surface area contributed by atoms with Crippen molar-refractivity contribution in [2.75, 3.05) is 18.5 Å². The lowest BCUT2D eigenvalue weighted by Gasteiger charge is -2.29. The van der Waals surface area contributed by atoms with Crippen LogP contribution >= 0.6 is 11.6 Å². The van der Waals surface area contributed by atoms with Gasteiger partial charge in [0.1, 0.15) is 0 Å². The summed E-state index contributed by atoms with van der Waals surface area (Å²) in [7, 11) is 2.05. The lowest BCUT2D eigenvalue weighted by Crippen LogP contribution is -2.27. The first kappa shape index (κ1) is 13.4. The molecule has 0 unspecified atom stereocenters. The molecular weight excluding hydrogens is 246 g/mol. The first-order valence-corrected chi connectivity index (χ1v) is 7.05. The van der Waals surface area contributed by atoms with Gasteiger partial charge in [0.15, 0.2) is 6.29 Å². The van der Waals surface area contributed by atoms with Crippen molar-refractivity contribution in [3.8, 4) is 0 Å². The zero-order chi connectivity index (χ0) is 13.0. The monoisotopic (exact) mass is 265 g/mol. The second-order valence-electron chi connectivity index (χ2n) is 5.18. The quantitative estimate of drug-likeness (QED) is 0.762. The molecule has 0 saturated heterocycles. The highest BCUT2D eigenvalue weighted by molar-refractivity contribution is 6.33. The van der Waals surface area contributed by atoms with Gasteiger partial charge in [0.25, 0.3) is 0 Å². The molecule has 0 aliphatic heterocycles. The van der Waals surface area contributed by atoms with Gasteiger partial charge in [-0.05, 0) is 30.9 Å². The van der Waals surface area contributed by atoms with E-state index in [0.717, 1.165) is 24.4 Å². The van der Waals surface area contributed by atoms with E-state index in [-0.39, 0.29) is 0 Å². The summed E-state index contributed by atoms with van der Waals surface area (Å²) in [4.78, 5) is 13.3. The topological polar surface area (TPSA) is 20.3 Å². The Morgan fingerprint density at radius 1 is 1.33 bits per heavy atom. The molecule has 3 heteroatoms. The summed E-state index contributed by atoms with van der Waals surface area (Å²) in [6.45, 7) is 1.02. The standard InChI is InChI=1S/C15H20ClNO/c1-17(10-12-6-3-2-4-7-12)15-9-5-8-14(16)13(15)11-18/h5,8-9,11-12H,2-4,6-7,10H2,1H3. The smallest absolute Gasteiger partial charge is 0.153 e. The van der Waals surface area contributed by atoms with Crippen molar-refractivity contribution in [2.24, 2.45) is 5.92 Å². The van der Waals surface area contributed by atoms with Gasteiger partial charge >= 0.3 is 0 Å². The molecule has 1 saturated carbocycles. The summed E-state index contributed by atoms with van der Waals surface area (Å²) in [6, 6.07) is 5.64. The summed E-state index contributed by atoms with van der Waals surface area (Å²) in [6.07, 6.45) is 7.53. The second kappa shape index (κ2) is 6.24. The number of carbonyl (C=O) groups is 1. The lowest BCUT2D eigenvalue weighted by atomic mass is 9.89. The zero-order valence-electron chi connectivity index (χ0n) is 10.9. The second-order valence-corrected chi connectivity index (χ2v) is 5.58. The van der Waals surface area contributed by atoms with Crippen LogP contribution in [-0.4, -0.2) is 19.9 Å². The first-order chi connectivity index (χ1) is 8.72. The maximum Gasteiger partial charge on any atom is 0.153 e. The molecule has 0 heterocycles. The van der Waals surface area contributed by atoms with Crippen LogP contribution < -0.4 is 4.90 Å². The predicted molar refractivity (Wildman–Crippen MR) is 76.7 cm³/mol. The van der Waals surface area contributed by atoms with E-state index >= 15 is 0 Å². The molecule has 1 aromatic rings. The van der Waals surface area contributed by atoms with E-state index < -0.39 is 0 Å². The summed E-state index contributed by atoms with van der Waals surface area (Å²) in [5.41, 5.74) is 1.56. The normalized spacial score (nSPS) is 16.6. The van der Waals surface area contributed by atoms with Crippen molar-refractivity contribution in [1.82, 2.24) is 0 Å². The molecule has 0 spiro atoms. The Balaban J connectivity index is 2.10.